The molecule has 2 nitrogen and oxygen atoms in total. The van der Waals surface area contributed by atoms with E-state index in [1.54, 1.807) is 6.07 Å². The molecule has 4 rings (SSSR count). The second-order valence-electron chi connectivity index (χ2n) is 6.33. The highest BCUT2D eigenvalue weighted by Gasteiger charge is 2.21. The minimum atomic E-state index is -0.843. The van der Waals surface area contributed by atoms with E-state index in [0.29, 0.717) is 11.5 Å². The average molecular weight is 302 g/mol. The zero-order valence-corrected chi connectivity index (χ0v) is 12.8. The summed E-state index contributed by atoms with van der Waals surface area (Å²) in [6, 6.07) is 20.8. The zero-order chi connectivity index (χ0) is 15.8. The highest BCUT2D eigenvalue weighted by atomic mass is 16.4. The maximum absolute atomic E-state index is 11.1. The predicted octanol–water partition coefficient (Wildman–Crippen LogP) is 4.81. The summed E-state index contributed by atoms with van der Waals surface area (Å²) >= 11 is 0. The Bertz CT molecular complexity index is 895. The van der Waals surface area contributed by atoms with Crippen molar-refractivity contribution in [3.8, 4) is 0 Å². The Hall–Kier alpha value is -2.61. The van der Waals surface area contributed by atoms with Crippen LogP contribution in [-0.4, -0.2) is 11.1 Å². The standard InChI is InChI=1S/C21H18O2/c22-21(23)20-10-9-18-12-17(7-8-19(18)13-20)16-6-5-14-3-1-2-4-15(14)11-16/h1-6,9-11,13,17H,7-8,12H2,(H,22,23). The Morgan fingerprint density at radius 1 is 0.913 bits per heavy atom. The van der Waals surface area contributed by atoms with Crippen LogP contribution in [0.3, 0.4) is 0 Å². The third-order valence-electron chi connectivity index (χ3n) is 4.93. The molecule has 0 aliphatic heterocycles. The largest absolute Gasteiger partial charge is 0.478 e. The maximum atomic E-state index is 11.1. The van der Waals surface area contributed by atoms with Crippen LogP contribution in [0.2, 0.25) is 0 Å². The number of benzene rings is 3. The van der Waals surface area contributed by atoms with E-state index in [2.05, 4.69) is 42.5 Å². The van der Waals surface area contributed by atoms with Crippen LogP contribution >= 0.6 is 0 Å². The molecule has 3 aromatic carbocycles. The molecule has 1 aliphatic carbocycles. The fraction of sp³-hybridized carbons (Fsp3) is 0.190. The molecule has 23 heavy (non-hydrogen) atoms. The van der Waals surface area contributed by atoms with Gasteiger partial charge in [-0.05, 0) is 64.8 Å². The molecule has 0 spiro atoms. The van der Waals surface area contributed by atoms with E-state index in [1.807, 2.05) is 12.1 Å². The van der Waals surface area contributed by atoms with Crippen LogP contribution in [0.4, 0.5) is 0 Å². The number of rotatable bonds is 2. The van der Waals surface area contributed by atoms with E-state index < -0.39 is 5.97 Å². The van der Waals surface area contributed by atoms with Gasteiger partial charge in [0.25, 0.3) is 0 Å². The van der Waals surface area contributed by atoms with Crippen molar-refractivity contribution in [1.82, 2.24) is 0 Å². The lowest BCUT2D eigenvalue weighted by Crippen LogP contribution is -2.13. The normalized spacial score (nSPS) is 17.0. The van der Waals surface area contributed by atoms with E-state index in [1.165, 1.54) is 27.5 Å². The molecule has 0 heterocycles. The Morgan fingerprint density at radius 3 is 2.57 bits per heavy atom. The Balaban J connectivity index is 1.65. The lowest BCUT2D eigenvalue weighted by molar-refractivity contribution is 0.0696. The average Bonchev–Trinajstić information content (AvgIpc) is 2.60. The zero-order valence-electron chi connectivity index (χ0n) is 12.8. The summed E-state index contributed by atoms with van der Waals surface area (Å²) < 4.78 is 0. The van der Waals surface area contributed by atoms with Gasteiger partial charge in [-0.2, -0.15) is 0 Å². The van der Waals surface area contributed by atoms with Crippen LogP contribution in [0.5, 0.6) is 0 Å². The number of hydrogen-bond donors (Lipinski definition) is 1. The molecular weight excluding hydrogens is 284 g/mol. The van der Waals surface area contributed by atoms with Gasteiger partial charge in [0, 0.05) is 0 Å². The molecule has 0 radical (unpaired) electrons. The highest BCUT2D eigenvalue weighted by Crippen LogP contribution is 2.34. The summed E-state index contributed by atoms with van der Waals surface area (Å²) in [5, 5.41) is 11.7. The van der Waals surface area contributed by atoms with Gasteiger partial charge in [0.05, 0.1) is 5.56 Å². The highest BCUT2D eigenvalue weighted by molar-refractivity contribution is 5.88. The summed E-state index contributed by atoms with van der Waals surface area (Å²) in [5.41, 5.74) is 4.27. The SMILES string of the molecule is O=C(O)c1ccc2c(c1)CCC(c1ccc3ccccc3c1)C2. The molecule has 1 unspecified atom stereocenters. The molecule has 0 saturated carbocycles. The summed E-state index contributed by atoms with van der Waals surface area (Å²) in [7, 11) is 0. The Kier molecular flexibility index (Phi) is 3.38. The van der Waals surface area contributed by atoms with E-state index in [0.717, 1.165) is 19.3 Å². The van der Waals surface area contributed by atoms with Gasteiger partial charge in [0.2, 0.25) is 0 Å². The fourth-order valence-corrected chi connectivity index (χ4v) is 3.63. The van der Waals surface area contributed by atoms with Crippen LogP contribution < -0.4 is 0 Å². The molecule has 0 amide bonds. The van der Waals surface area contributed by atoms with Gasteiger partial charge in [0.1, 0.15) is 0 Å². The minimum absolute atomic E-state index is 0.396. The molecular formula is C21H18O2. The number of carboxylic acid groups (broad SMARTS) is 1. The van der Waals surface area contributed by atoms with Gasteiger partial charge in [-0.15, -0.1) is 0 Å². The molecule has 0 saturated heterocycles. The second-order valence-corrected chi connectivity index (χ2v) is 6.33. The monoisotopic (exact) mass is 302 g/mol. The van der Waals surface area contributed by atoms with Crippen molar-refractivity contribution in [2.75, 3.05) is 0 Å². The summed E-state index contributed by atoms with van der Waals surface area (Å²) in [6.07, 6.45) is 3.02. The number of aromatic carboxylic acids is 1. The number of fused-ring (bicyclic) bond motifs is 2. The van der Waals surface area contributed by atoms with Crippen molar-refractivity contribution in [1.29, 1.82) is 0 Å². The van der Waals surface area contributed by atoms with Crippen LogP contribution in [-0.2, 0) is 12.8 Å². The smallest absolute Gasteiger partial charge is 0.335 e. The fourth-order valence-electron chi connectivity index (χ4n) is 3.63. The molecule has 2 heteroatoms. The van der Waals surface area contributed by atoms with Gasteiger partial charge >= 0.3 is 5.97 Å². The van der Waals surface area contributed by atoms with Crippen LogP contribution in [0.15, 0.2) is 60.7 Å². The van der Waals surface area contributed by atoms with E-state index >= 15 is 0 Å². The van der Waals surface area contributed by atoms with E-state index in [-0.39, 0.29) is 0 Å². The minimum Gasteiger partial charge on any atom is -0.478 e. The first kappa shape index (κ1) is 14.0. The maximum Gasteiger partial charge on any atom is 0.335 e. The van der Waals surface area contributed by atoms with Gasteiger partial charge in [-0.3, -0.25) is 0 Å². The lowest BCUT2D eigenvalue weighted by atomic mass is 9.79. The third kappa shape index (κ3) is 2.61. The molecule has 1 N–H and O–H groups in total. The Labute approximate surface area is 135 Å². The van der Waals surface area contributed by atoms with Crippen molar-refractivity contribution in [2.45, 2.75) is 25.2 Å². The second kappa shape index (κ2) is 5.54. The first-order valence-corrected chi connectivity index (χ1v) is 8.04. The molecule has 1 atom stereocenters. The first-order valence-electron chi connectivity index (χ1n) is 8.04. The van der Waals surface area contributed by atoms with Gasteiger partial charge in [-0.1, -0.05) is 48.5 Å². The summed E-state index contributed by atoms with van der Waals surface area (Å²) in [5.74, 6) is -0.327. The Morgan fingerprint density at radius 2 is 1.74 bits per heavy atom. The van der Waals surface area contributed by atoms with Crippen molar-refractivity contribution in [2.24, 2.45) is 0 Å². The van der Waals surface area contributed by atoms with Gasteiger partial charge < -0.3 is 5.11 Å². The first-order chi connectivity index (χ1) is 11.2. The van der Waals surface area contributed by atoms with Crippen LogP contribution in [0, 0.1) is 0 Å². The molecule has 0 fully saturated rings. The third-order valence-corrected chi connectivity index (χ3v) is 4.93. The topological polar surface area (TPSA) is 37.3 Å². The molecule has 1 aliphatic rings. The van der Waals surface area contributed by atoms with E-state index in [9.17, 15) is 4.79 Å². The van der Waals surface area contributed by atoms with Crippen LogP contribution in [0.1, 0.15) is 39.4 Å². The molecule has 114 valence electrons. The lowest BCUT2D eigenvalue weighted by Gasteiger charge is -2.25. The number of carbonyl (C=O) groups is 1. The quantitative estimate of drug-likeness (QED) is 0.737. The van der Waals surface area contributed by atoms with Crippen molar-refractivity contribution in [3.63, 3.8) is 0 Å². The summed E-state index contributed by atoms with van der Waals surface area (Å²) in [4.78, 5) is 11.1. The number of hydrogen-bond acceptors (Lipinski definition) is 1. The van der Waals surface area contributed by atoms with Crippen molar-refractivity contribution in [3.05, 3.63) is 82.9 Å². The van der Waals surface area contributed by atoms with Crippen molar-refractivity contribution >= 4 is 16.7 Å². The van der Waals surface area contributed by atoms with Gasteiger partial charge in [0.15, 0.2) is 0 Å². The summed E-state index contributed by atoms with van der Waals surface area (Å²) in [6.45, 7) is 0. The number of carboxylic acids is 1. The molecule has 0 bridgehead atoms. The van der Waals surface area contributed by atoms with Crippen molar-refractivity contribution < 1.29 is 9.90 Å². The van der Waals surface area contributed by atoms with E-state index in [4.69, 9.17) is 5.11 Å². The molecule has 0 aromatic heterocycles. The van der Waals surface area contributed by atoms with Gasteiger partial charge in [-0.25, -0.2) is 4.79 Å². The predicted molar refractivity (Wildman–Crippen MR) is 92.1 cm³/mol. The van der Waals surface area contributed by atoms with Crippen LogP contribution in [0.25, 0.3) is 10.8 Å². The number of aryl methyl sites for hydroxylation is 1. The molecule has 3 aromatic rings.